The molecule has 14 heteroatoms. The quantitative estimate of drug-likeness (QED) is 0.414. The van der Waals surface area contributed by atoms with E-state index in [2.05, 4.69) is 10.3 Å². The predicted molar refractivity (Wildman–Crippen MR) is 158 cm³/mol. The number of alkyl halides is 2. The topological polar surface area (TPSA) is 124 Å². The van der Waals surface area contributed by atoms with Crippen LogP contribution in [0.2, 0.25) is 0 Å². The number of aliphatic carboxylic acids is 1. The molecule has 1 aromatic heterocycles. The minimum absolute atomic E-state index is 0.0393. The molecule has 1 aromatic carbocycles. The Labute approximate surface area is 262 Å². The Morgan fingerprint density at radius 2 is 1.98 bits per heavy atom. The third kappa shape index (κ3) is 5.73. The molecule has 1 saturated carbocycles. The van der Waals surface area contributed by atoms with Crippen molar-refractivity contribution in [2.24, 2.45) is 16.8 Å². The summed E-state index contributed by atoms with van der Waals surface area (Å²) in [6, 6.07) is 2.02. The van der Waals surface area contributed by atoms with E-state index in [9.17, 15) is 23.9 Å². The fourth-order valence-corrected chi connectivity index (χ4v) is 7.68. The number of hydrogen-bond donors (Lipinski definition) is 2. The normalized spacial score (nSPS) is 28.1. The van der Waals surface area contributed by atoms with E-state index >= 15 is 8.78 Å². The Hall–Kier alpha value is -3.78. The largest absolute Gasteiger partial charge is 0.481 e. The number of amidine groups is 1. The number of nitrogens with zero attached hydrogens (tertiary/aromatic N) is 4. The Bertz CT molecular complexity index is 1560. The number of esters is 1. The van der Waals surface area contributed by atoms with Crippen LogP contribution in [-0.2, 0) is 19.1 Å². The second-order valence-corrected chi connectivity index (χ2v) is 12.9. The lowest BCUT2D eigenvalue weighted by molar-refractivity contribution is -0.143. The van der Waals surface area contributed by atoms with Crippen molar-refractivity contribution < 1.29 is 37.4 Å². The van der Waals surface area contributed by atoms with Crippen molar-refractivity contribution in [1.29, 1.82) is 0 Å². The van der Waals surface area contributed by atoms with Crippen LogP contribution < -0.4 is 5.32 Å². The number of carboxylic acids is 1. The van der Waals surface area contributed by atoms with Crippen molar-refractivity contribution in [3.05, 3.63) is 63.0 Å². The van der Waals surface area contributed by atoms with Gasteiger partial charge in [0.2, 0.25) is 5.91 Å². The minimum atomic E-state index is -3.18. The van der Waals surface area contributed by atoms with Crippen LogP contribution in [0.5, 0.6) is 0 Å². The second-order valence-electron chi connectivity index (χ2n) is 12.0. The molecule has 0 bridgehead atoms. The molecule has 0 radical (unpaired) electrons. The summed E-state index contributed by atoms with van der Waals surface area (Å²) in [6.07, 6.45) is 3.24. The van der Waals surface area contributed by atoms with Gasteiger partial charge in [-0.2, -0.15) is 0 Å². The van der Waals surface area contributed by atoms with Gasteiger partial charge in [0.1, 0.15) is 17.9 Å². The summed E-state index contributed by atoms with van der Waals surface area (Å²) in [7, 11) is 0. The number of carboxylic acid groups (broad SMARTS) is 1. The molecule has 2 N–H and O–H groups in total. The standard InChI is InChI=1S/C31H34F3N5O5S/c1-3-44-30(43)23-22(36-26(27-35-11-12-45-27)37-24(23)19-5-4-6-21(32)16(19)2)14-38-15-31(33,34)20-13-39(28(40)25(20)38)18-9-7-17(8-10-18)29(41)42/h4-6,11-12,17-18,20,24-25H,3,7-10,13-15H2,1-2H3,(H,36,37)(H,41,42)/t17-,18+,20-,24+,25-/m1/s1. The molecular weight excluding hydrogens is 611 g/mol. The molecule has 6 rings (SSSR count). The van der Waals surface area contributed by atoms with E-state index in [1.165, 1.54) is 33.3 Å². The average Bonchev–Trinajstić information content (AvgIpc) is 3.72. The van der Waals surface area contributed by atoms with Gasteiger partial charge in [0.25, 0.3) is 5.92 Å². The van der Waals surface area contributed by atoms with Gasteiger partial charge in [0, 0.05) is 36.4 Å². The van der Waals surface area contributed by atoms with Crippen molar-refractivity contribution >= 4 is 35.0 Å². The number of rotatable bonds is 8. The average molecular weight is 646 g/mol. The highest BCUT2D eigenvalue weighted by Gasteiger charge is 2.62. The van der Waals surface area contributed by atoms with Crippen molar-refractivity contribution in [3.63, 3.8) is 0 Å². The number of halogens is 3. The van der Waals surface area contributed by atoms with Crippen LogP contribution in [0.4, 0.5) is 13.2 Å². The van der Waals surface area contributed by atoms with Crippen LogP contribution in [0, 0.1) is 24.6 Å². The number of ether oxygens (including phenoxy) is 1. The van der Waals surface area contributed by atoms with Gasteiger partial charge in [-0.1, -0.05) is 12.1 Å². The maximum atomic E-state index is 15.6. The van der Waals surface area contributed by atoms with E-state index in [-0.39, 0.29) is 42.6 Å². The van der Waals surface area contributed by atoms with Gasteiger partial charge in [-0.15, -0.1) is 11.3 Å². The smallest absolute Gasteiger partial charge is 0.338 e. The molecule has 2 saturated heterocycles. The van der Waals surface area contributed by atoms with E-state index in [0.29, 0.717) is 42.1 Å². The number of benzene rings is 1. The van der Waals surface area contributed by atoms with Gasteiger partial charge in [-0.05, 0) is 56.7 Å². The number of hydrogen-bond acceptors (Lipinski definition) is 9. The third-order valence-electron chi connectivity index (χ3n) is 9.37. The van der Waals surface area contributed by atoms with Crippen molar-refractivity contribution in [2.75, 3.05) is 26.2 Å². The lowest BCUT2D eigenvalue weighted by Crippen LogP contribution is -2.48. The molecule has 240 valence electrons. The predicted octanol–water partition coefficient (Wildman–Crippen LogP) is 3.92. The van der Waals surface area contributed by atoms with Gasteiger partial charge in [-0.3, -0.25) is 19.5 Å². The molecule has 3 fully saturated rings. The van der Waals surface area contributed by atoms with Crippen LogP contribution in [0.3, 0.4) is 0 Å². The fraction of sp³-hybridized carbons (Fsp3) is 0.516. The molecule has 4 heterocycles. The first-order valence-electron chi connectivity index (χ1n) is 15.0. The summed E-state index contributed by atoms with van der Waals surface area (Å²) >= 11 is 1.28. The molecule has 3 atom stereocenters. The summed E-state index contributed by atoms with van der Waals surface area (Å²) in [5, 5.41) is 14.7. The van der Waals surface area contributed by atoms with Crippen LogP contribution in [-0.4, -0.2) is 87.8 Å². The highest BCUT2D eigenvalue weighted by Crippen LogP contribution is 2.46. The number of likely N-dealkylation sites (tertiary alicyclic amines) is 2. The lowest BCUT2D eigenvalue weighted by atomic mass is 9.85. The van der Waals surface area contributed by atoms with Gasteiger partial charge >= 0.3 is 11.9 Å². The zero-order valence-electron chi connectivity index (χ0n) is 24.8. The van der Waals surface area contributed by atoms with Crippen LogP contribution in [0.25, 0.3) is 0 Å². The zero-order valence-corrected chi connectivity index (χ0v) is 25.7. The van der Waals surface area contributed by atoms with Crippen LogP contribution in [0.1, 0.15) is 54.8 Å². The third-order valence-corrected chi connectivity index (χ3v) is 10.1. The Balaban J connectivity index is 1.36. The van der Waals surface area contributed by atoms with E-state index in [1.807, 2.05) is 0 Å². The summed E-state index contributed by atoms with van der Waals surface area (Å²) in [4.78, 5) is 50.8. The second kappa shape index (κ2) is 12.2. The van der Waals surface area contributed by atoms with E-state index < -0.39 is 60.0 Å². The van der Waals surface area contributed by atoms with E-state index in [1.54, 1.807) is 31.5 Å². The molecule has 1 aliphatic carbocycles. The Kier molecular flexibility index (Phi) is 8.46. The summed E-state index contributed by atoms with van der Waals surface area (Å²) in [6.45, 7) is 2.23. The first-order chi connectivity index (χ1) is 21.5. The number of aliphatic imine (C=N–C) groups is 1. The van der Waals surface area contributed by atoms with Crippen molar-refractivity contribution in [3.8, 4) is 0 Å². The summed E-state index contributed by atoms with van der Waals surface area (Å²) < 4.78 is 51.4. The molecule has 2 aromatic rings. The van der Waals surface area contributed by atoms with Gasteiger partial charge in [0.15, 0.2) is 10.8 Å². The Morgan fingerprint density at radius 3 is 2.64 bits per heavy atom. The maximum absolute atomic E-state index is 15.6. The fourth-order valence-electron chi connectivity index (χ4n) is 7.09. The first kappa shape index (κ1) is 31.2. The molecule has 0 unspecified atom stereocenters. The zero-order chi connectivity index (χ0) is 32.0. The minimum Gasteiger partial charge on any atom is -0.481 e. The Morgan fingerprint density at radius 1 is 1.22 bits per heavy atom. The van der Waals surface area contributed by atoms with E-state index in [4.69, 9.17) is 9.73 Å². The molecule has 0 spiro atoms. The van der Waals surface area contributed by atoms with Crippen molar-refractivity contribution in [2.45, 2.75) is 63.6 Å². The van der Waals surface area contributed by atoms with Crippen molar-refractivity contribution in [1.82, 2.24) is 20.1 Å². The molecular formula is C31H34F3N5O5S. The van der Waals surface area contributed by atoms with E-state index in [0.717, 1.165) is 0 Å². The van der Waals surface area contributed by atoms with Gasteiger partial charge in [-0.25, -0.2) is 22.9 Å². The molecule has 1 amide bonds. The highest BCUT2D eigenvalue weighted by atomic mass is 32.1. The van der Waals surface area contributed by atoms with Crippen LogP contribution in [0.15, 0.2) is 46.0 Å². The summed E-state index contributed by atoms with van der Waals surface area (Å²) in [5.74, 6) is -7.16. The van der Waals surface area contributed by atoms with Gasteiger partial charge < -0.3 is 20.1 Å². The number of aromatic nitrogens is 1. The number of fused-ring (bicyclic) bond motifs is 1. The SMILES string of the molecule is CCOC(=O)C1=C(CN2CC(F)(F)[C@@H]3CN([C@H]4CC[C@@H](C(=O)O)CC4)C(=O)[C@@H]32)NC(c2nccs2)=N[C@H]1c1cccc(F)c1C. The molecule has 45 heavy (non-hydrogen) atoms. The maximum Gasteiger partial charge on any atom is 0.338 e. The lowest BCUT2D eigenvalue weighted by Gasteiger charge is -2.35. The number of nitrogens with one attached hydrogen (secondary N) is 1. The summed E-state index contributed by atoms with van der Waals surface area (Å²) in [5.41, 5.74) is 0.967. The number of thiazole rings is 1. The molecule has 10 nitrogen and oxygen atoms in total. The highest BCUT2D eigenvalue weighted by molar-refractivity contribution is 7.11. The first-order valence-corrected chi connectivity index (χ1v) is 15.9. The molecule has 3 aliphatic heterocycles. The molecule has 4 aliphatic rings. The van der Waals surface area contributed by atoms with Crippen LogP contribution >= 0.6 is 11.3 Å². The number of amides is 1. The monoisotopic (exact) mass is 645 g/mol. The number of carbonyl (C=O) groups excluding carboxylic acids is 2. The number of carbonyl (C=O) groups is 3. The van der Waals surface area contributed by atoms with Gasteiger partial charge in [0.05, 0.1) is 30.6 Å².